The number of ketones is 1. The minimum absolute atomic E-state index is 0.0735. The summed E-state index contributed by atoms with van der Waals surface area (Å²) in [4.78, 5) is 35.7. The van der Waals surface area contributed by atoms with E-state index in [1.165, 1.54) is 48.3 Å². The third-order valence-corrected chi connectivity index (χ3v) is 4.70. The highest BCUT2D eigenvalue weighted by atomic mass is 19.1. The van der Waals surface area contributed by atoms with Crippen LogP contribution in [0.2, 0.25) is 0 Å². The summed E-state index contributed by atoms with van der Waals surface area (Å²) in [6.45, 7) is 0. The molecule has 0 radical (unpaired) electrons. The quantitative estimate of drug-likeness (QED) is 0.359. The summed E-state index contributed by atoms with van der Waals surface area (Å²) >= 11 is 0. The number of Topliss-reactive ketones (excluding diaryl/α,β-unsaturated/α-hetero) is 1. The van der Waals surface area contributed by atoms with Crippen LogP contribution in [0.15, 0.2) is 54.6 Å². The van der Waals surface area contributed by atoms with Crippen molar-refractivity contribution in [3.05, 3.63) is 81.9 Å². The summed E-state index contributed by atoms with van der Waals surface area (Å²) in [5.74, 6) is -3.25. The van der Waals surface area contributed by atoms with Crippen LogP contribution >= 0.6 is 0 Å². The van der Waals surface area contributed by atoms with Gasteiger partial charge in [0.1, 0.15) is 11.6 Å². The molecule has 30 heavy (non-hydrogen) atoms. The van der Waals surface area contributed by atoms with E-state index in [2.05, 4.69) is 0 Å². The van der Waals surface area contributed by atoms with E-state index in [9.17, 15) is 28.5 Å². The third-order valence-electron chi connectivity index (χ3n) is 4.70. The molecule has 0 saturated carbocycles. The second-order valence-corrected chi connectivity index (χ2v) is 6.54. The minimum atomic E-state index is -0.941. The van der Waals surface area contributed by atoms with Crippen molar-refractivity contribution in [3.63, 3.8) is 0 Å². The number of hydrogen-bond donors (Lipinski definition) is 0. The maximum atomic E-state index is 14.0. The Bertz CT molecular complexity index is 1240. The summed E-state index contributed by atoms with van der Waals surface area (Å²) in [6, 6.07) is 11.0. The normalized spacial score (nSPS) is 12.8. The lowest BCUT2D eigenvalue weighted by Gasteiger charge is -2.14. The molecule has 0 saturated heterocycles. The maximum absolute atomic E-state index is 14.0. The molecule has 1 aliphatic rings. The van der Waals surface area contributed by atoms with Gasteiger partial charge in [-0.15, -0.1) is 0 Å². The summed E-state index contributed by atoms with van der Waals surface area (Å²) < 4.78 is 32.8. The fraction of sp³-hybridized carbons (Fsp3) is 0.0476. The predicted molar refractivity (Wildman–Crippen MR) is 103 cm³/mol. The molecule has 0 unspecified atom stereocenters. The number of carbonyl (C=O) groups excluding carboxylic acids is 2. The summed E-state index contributed by atoms with van der Waals surface area (Å²) in [5, 5.41) is 11.2. The van der Waals surface area contributed by atoms with Gasteiger partial charge in [0.05, 0.1) is 16.2 Å². The topological polar surface area (TPSA) is 89.8 Å². The molecule has 0 N–H and O–H groups in total. The number of nitro benzene ring substituents is 1. The first kappa shape index (κ1) is 19.2. The smallest absolute Gasteiger partial charge is 0.299 e. The van der Waals surface area contributed by atoms with Crippen molar-refractivity contribution in [3.8, 4) is 22.6 Å². The van der Waals surface area contributed by atoms with E-state index in [1.807, 2.05) is 0 Å². The molecule has 1 aliphatic heterocycles. The van der Waals surface area contributed by atoms with Crippen LogP contribution in [0.4, 0.5) is 20.2 Å². The molecule has 3 aromatic rings. The van der Waals surface area contributed by atoms with Crippen molar-refractivity contribution in [1.29, 1.82) is 0 Å². The lowest BCUT2D eigenvalue weighted by atomic mass is 10.0. The lowest BCUT2D eigenvalue weighted by Crippen LogP contribution is -2.24. The number of rotatable bonds is 4. The molecule has 9 heteroatoms. The van der Waals surface area contributed by atoms with Crippen molar-refractivity contribution in [2.75, 3.05) is 11.9 Å². The Balaban J connectivity index is 1.84. The number of fused-ring (bicyclic) bond motifs is 1. The van der Waals surface area contributed by atoms with Gasteiger partial charge in [-0.05, 0) is 35.9 Å². The molecule has 0 aromatic heterocycles. The summed E-state index contributed by atoms with van der Waals surface area (Å²) in [7, 11) is 1.44. The number of likely N-dealkylation sites (N-methyl/N-ethyl adjacent to an activating group) is 1. The maximum Gasteiger partial charge on any atom is 0.299 e. The van der Waals surface area contributed by atoms with Crippen LogP contribution in [0.3, 0.4) is 0 Å². The number of hydrogen-bond acceptors (Lipinski definition) is 5. The molecule has 1 heterocycles. The van der Waals surface area contributed by atoms with Crippen LogP contribution in [0.5, 0.6) is 11.5 Å². The average molecular weight is 410 g/mol. The number of amides is 1. The van der Waals surface area contributed by atoms with Crippen molar-refractivity contribution < 1.29 is 28.0 Å². The first-order valence-corrected chi connectivity index (χ1v) is 8.64. The van der Waals surface area contributed by atoms with Gasteiger partial charge in [-0.3, -0.25) is 19.7 Å². The number of nitrogens with zero attached hydrogens (tertiary/aromatic N) is 2. The highest BCUT2D eigenvalue weighted by Crippen LogP contribution is 2.40. The second kappa shape index (κ2) is 7.03. The second-order valence-electron chi connectivity index (χ2n) is 6.54. The molecule has 4 rings (SSSR count). The minimum Gasteiger partial charge on any atom is -0.454 e. The molecule has 0 bridgehead atoms. The SMILES string of the molecule is CN1C(=O)C(=O)c2ccc(-c3cc([N+](=O)[O-])ccc3Oc3ccc(F)cc3F)cc21. The molecular weight excluding hydrogens is 398 g/mol. The third kappa shape index (κ3) is 3.16. The zero-order chi connectivity index (χ0) is 21.6. The van der Waals surface area contributed by atoms with Gasteiger partial charge in [0.25, 0.3) is 17.4 Å². The number of non-ortho nitro benzene ring substituents is 1. The highest BCUT2D eigenvalue weighted by molar-refractivity contribution is 6.52. The van der Waals surface area contributed by atoms with E-state index in [-0.39, 0.29) is 28.3 Å². The zero-order valence-corrected chi connectivity index (χ0v) is 15.4. The fourth-order valence-corrected chi connectivity index (χ4v) is 3.17. The Kier molecular flexibility index (Phi) is 4.50. The first-order valence-electron chi connectivity index (χ1n) is 8.64. The summed E-state index contributed by atoms with van der Waals surface area (Å²) in [6.07, 6.45) is 0. The zero-order valence-electron chi connectivity index (χ0n) is 15.4. The molecule has 0 spiro atoms. The van der Waals surface area contributed by atoms with Crippen LogP contribution in [0.1, 0.15) is 10.4 Å². The number of anilines is 1. The van der Waals surface area contributed by atoms with Gasteiger partial charge in [0, 0.05) is 30.8 Å². The average Bonchev–Trinajstić information content (AvgIpc) is 2.94. The van der Waals surface area contributed by atoms with Crippen molar-refractivity contribution in [2.24, 2.45) is 0 Å². The monoisotopic (exact) mass is 410 g/mol. The number of ether oxygens (including phenoxy) is 1. The number of nitro groups is 1. The van der Waals surface area contributed by atoms with Crippen molar-refractivity contribution in [2.45, 2.75) is 0 Å². The van der Waals surface area contributed by atoms with Gasteiger partial charge in [-0.2, -0.15) is 0 Å². The Morgan fingerprint density at radius 3 is 2.37 bits per heavy atom. The van der Waals surface area contributed by atoms with Crippen molar-refractivity contribution >= 4 is 23.1 Å². The van der Waals surface area contributed by atoms with Gasteiger partial charge in [-0.1, -0.05) is 6.07 Å². The van der Waals surface area contributed by atoms with Gasteiger partial charge in [-0.25, -0.2) is 8.78 Å². The number of benzene rings is 3. The standard InChI is InChI=1S/C21H12F2N2O5/c1-24-17-8-11(2-5-14(17)20(26)21(24)27)15-10-13(25(28)29)4-7-18(15)30-19-6-3-12(22)9-16(19)23/h2-10H,1H3. The Labute approximate surface area is 168 Å². The first-order chi connectivity index (χ1) is 14.3. The highest BCUT2D eigenvalue weighted by Gasteiger charge is 2.33. The molecule has 1 amide bonds. The molecule has 3 aromatic carbocycles. The van der Waals surface area contributed by atoms with Gasteiger partial charge in [0.15, 0.2) is 11.6 Å². The molecule has 0 atom stereocenters. The van der Waals surface area contributed by atoms with Gasteiger partial charge < -0.3 is 9.64 Å². The van der Waals surface area contributed by atoms with E-state index < -0.39 is 28.2 Å². The summed E-state index contributed by atoms with van der Waals surface area (Å²) in [5.41, 5.74) is 0.954. The predicted octanol–water partition coefficient (Wildman–Crippen LogP) is 4.49. The largest absolute Gasteiger partial charge is 0.454 e. The van der Waals surface area contributed by atoms with E-state index in [1.54, 1.807) is 0 Å². The Morgan fingerprint density at radius 1 is 0.933 bits per heavy atom. The van der Waals surface area contributed by atoms with Crippen LogP contribution < -0.4 is 9.64 Å². The Hall–Kier alpha value is -4.14. The van der Waals surface area contributed by atoms with Crippen LogP contribution in [0.25, 0.3) is 11.1 Å². The van der Waals surface area contributed by atoms with E-state index >= 15 is 0 Å². The van der Waals surface area contributed by atoms with Crippen LogP contribution in [-0.2, 0) is 4.79 Å². The van der Waals surface area contributed by atoms with Crippen LogP contribution in [0, 0.1) is 21.7 Å². The van der Waals surface area contributed by atoms with Crippen LogP contribution in [-0.4, -0.2) is 23.7 Å². The van der Waals surface area contributed by atoms with Gasteiger partial charge in [0.2, 0.25) is 0 Å². The lowest BCUT2D eigenvalue weighted by molar-refractivity contribution is -0.384. The van der Waals surface area contributed by atoms with Crippen molar-refractivity contribution in [1.82, 2.24) is 0 Å². The number of halogens is 2. The molecule has 0 aliphatic carbocycles. The molecule has 7 nitrogen and oxygen atoms in total. The Morgan fingerprint density at radius 2 is 1.67 bits per heavy atom. The fourth-order valence-electron chi connectivity index (χ4n) is 3.17. The van der Waals surface area contributed by atoms with E-state index in [0.29, 0.717) is 17.3 Å². The van der Waals surface area contributed by atoms with E-state index in [4.69, 9.17) is 4.74 Å². The van der Waals surface area contributed by atoms with E-state index in [0.717, 1.165) is 12.1 Å². The molecular formula is C21H12F2N2O5. The molecule has 0 fully saturated rings. The molecule has 150 valence electrons. The number of carbonyl (C=O) groups is 2. The van der Waals surface area contributed by atoms with Gasteiger partial charge >= 0.3 is 0 Å².